The number of hydrogen-bond donors (Lipinski definition) is 0. The Hall–Kier alpha value is -2.34. The van der Waals surface area contributed by atoms with Crippen LogP contribution in [0.15, 0.2) is 52.3 Å². The lowest BCUT2D eigenvalue weighted by Gasteiger charge is -2.37. The van der Waals surface area contributed by atoms with Crippen LogP contribution in [0.3, 0.4) is 0 Å². The molecule has 0 spiro atoms. The Morgan fingerprint density at radius 3 is 2.24 bits per heavy atom. The third-order valence-electron chi connectivity index (χ3n) is 4.67. The molecule has 5 nitrogen and oxygen atoms in total. The van der Waals surface area contributed by atoms with Gasteiger partial charge >= 0.3 is 6.09 Å². The van der Waals surface area contributed by atoms with Crippen molar-refractivity contribution in [2.24, 2.45) is 0 Å². The number of aryl methyl sites for hydroxylation is 1. The second-order valence-corrected chi connectivity index (χ2v) is 9.32. The van der Waals surface area contributed by atoms with E-state index < -0.39 is 5.60 Å². The van der Waals surface area contributed by atoms with E-state index in [-0.39, 0.29) is 6.09 Å². The highest BCUT2D eigenvalue weighted by Crippen LogP contribution is 2.37. The Bertz CT molecular complexity index is 838. The molecule has 0 unspecified atom stereocenters. The van der Waals surface area contributed by atoms with E-state index in [1.807, 2.05) is 32.9 Å². The van der Waals surface area contributed by atoms with E-state index in [1.54, 1.807) is 23.8 Å². The fourth-order valence-electron chi connectivity index (χ4n) is 3.19. The lowest BCUT2D eigenvalue weighted by atomic mass is 10.2. The van der Waals surface area contributed by atoms with Crippen LogP contribution in [0.2, 0.25) is 0 Å². The normalized spacial score (nSPS) is 14.7. The number of amides is 1. The summed E-state index contributed by atoms with van der Waals surface area (Å²) in [6, 6.07) is 14.7. The largest absolute Gasteiger partial charge is 0.497 e. The first-order valence-corrected chi connectivity index (χ1v) is 10.7. The zero-order valence-electron chi connectivity index (χ0n) is 17.9. The highest BCUT2D eigenvalue weighted by Gasteiger charge is 2.26. The van der Waals surface area contributed by atoms with E-state index in [1.165, 1.54) is 21.0 Å². The van der Waals surface area contributed by atoms with Crippen LogP contribution in [0.25, 0.3) is 0 Å². The zero-order valence-corrected chi connectivity index (χ0v) is 18.7. The molecule has 1 amide bonds. The summed E-state index contributed by atoms with van der Waals surface area (Å²) in [5.74, 6) is 0.858. The van der Waals surface area contributed by atoms with Gasteiger partial charge in [0.2, 0.25) is 0 Å². The highest BCUT2D eigenvalue weighted by atomic mass is 32.2. The number of anilines is 1. The molecule has 1 aliphatic rings. The number of benzene rings is 2. The van der Waals surface area contributed by atoms with Gasteiger partial charge in [0.25, 0.3) is 0 Å². The molecule has 0 aliphatic carbocycles. The van der Waals surface area contributed by atoms with Gasteiger partial charge in [-0.25, -0.2) is 4.79 Å². The number of piperazine rings is 1. The predicted octanol–water partition coefficient (Wildman–Crippen LogP) is 5.21. The van der Waals surface area contributed by atoms with Crippen LogP contribution in [0.5, 0.6) is 5.75 Å². The molecule has 156 valence electrons. The standard InChI is InChI=1S/C23H30N2O3S/c1-17-6-11-21(29-19-9-7-18(27-5)8-10-19)20(16-17)24-12-14-25(15-13-24)22(26)28-23(2,3)4/h6-11,16H,12-15H2,1-5H3. The number of rotatable bonds is 4. The number of carbonyl (C=O) groups excluding carboxylic acids is 1. The zero-order chi connectivity index (χ0) is 21.0. The molecule has 0 saturated carbocycles. The molecule has 1 heterocycles. The van der Waals surface area contributed by atoms with E-state index >= 15 is 0 Å². The minimum atomic E-state index is -0.465. The third kappa shape index (κ3) is 5.82. The van der Waals surface area contributed by atoms with Gasteiger partial charge in [-0.15, -0.1) is 0 Å². The Balaban J connectivity index is 1.70. The topological polar surface area (TPSA) is 42.0 Å². The van der Waals surface area contributed by atoms with Crippen molar-refractivity contribution >= 4 is 23.5 Å². The molecule has 2 aromatic rings. The van der Waals surface area contributed by atoms with Crippen LogP contribution >= 0.6 is 11.8 Å². The van der Waals surface area contributed by atoms with Crippen LogP contribution < -0.4 is 9.64 Å². The third-order valence-corrected chi connectivity index (χ3v) is 5.75. The molecule has 2 aromatic carbocycles. The minimum absolute atomic E-state index is 0.228. The molecule has 0 bridgehead atoms. The van der Waals surface area contributed by atoms with Gasteiger partial charge in [0, 0.05) is 36.0 Å². The van der Waals surface area contributed by atoms with Crippen molar-refractivity contribution < 1.29 is 14.3 Å². The van der Waals surface area contributed by atoms with Gasteiger partial charge in [0.05, 0.1) is 12.8 Å². The summed E-state index contributed by atoms with van der Waals surface area (Å²) in [5.41, 5.74) is 1.98. The maximum absolute atomic E-state index is 12.3. The summed E-state index contributed by atoms with van der Waals surface area (Å²) >= 11 is 1.75. The molecule has 0 N–H and O–H groups in total. The van der Waals surface area contributed by atoms with Crippen LogP contribution in [0.4, 0.5) is 10.5 Å². The average molecular weight is 415 g/mol. The van der Waals surface area contributed by atoms with E-state index in [0.29, 0.717) is 13.1 Å². The van der Waals surface area contributed by atoms with Crippen LogP contribution in [-0.2, 0) is 4.74 Å². The molecule has 0 atom stereocenters. The first-order chi connectivity index (χ1) is 13.7. The molecule has 0 radical (unpaired) electrons. The summed E-state index contributed by atoms with van der Waals surface area (Å²) < 4.78 is 10.8. The molecule has 1 aliphatic heterocycles. The molecular weight excluding hydrogens is 384 g/mol. The highest BCUT2D eigenvalue weighted by molar-refractivity contribution is 7.99. The number of methoxy groups -OCH3 is 1. The van der Waals surface area contributed by atoms with Gasteiger partial charge < -0.3 is 19.3 Å². The second-order valence-electron chi connectivity index (χ2n) is 8.20. The van der Waals surface area contributed by atoms with E-state index in [0.717, 1.165) is 18.8 Å². The van der Waals surface area contributed by atoms with E-state index in [4.69, 9.17) is 9.47 Å². The molecule has 1 saturated heterocycles. The lowest BCUT2D eigenvalue weighted by Crippen LogP contribution is -2.50. The summed E-state index contributed by atoms with van der Waals surface area (Å²) in [6.45, 7) is 10.7. The Labute approximate surface area is 178 Å². The molecule has 1 fully saturated rings. The fourth-order valence-corrected chi connectivity index (χ4v) is 4.14. The number of hydrogen-bond acceptors (Lipinski definition) is 5. The maximum atomic E-state index is 12.3. The van der Waals surface area contributed by atoms with Crippen LogP contribution in [0, 0.1) is 6.92 Å². The first-order valence-electron chi connectivity index (χ1n) is 9.90. The van der Waals surface area contributed by atoms with Crippen molar-refractivity contribution in [1.29, 1.82) is 0 Å². The number of ether oxygens (including phenoxy) is 2. The minimum Gasteiger partial charge on any atom is -0.497 e. The SMILES string of the molecule is COc1ccc(Sc2ccc(C)cc2N2CCN(C(=O)OC(C)(C)C)CC2)cc1. The summed E-state index contributed by atoms with van der Waals surface area (Å²) in [5, 5.41) is 0. The van der Waals surface area contributed by atoms with Crippen molar-refractivity contribution in [3.8, 4) is 5.75 Å². The smallest absolute Gasteiger partial charge is 0.410 e. The van der Waals surface area contributed by atoms with Gasteiger partial charge in [-0.05, 0) is 69.7 Å². The van der Waals surface area contributed by atoms with Crippen molar-refractivity contribution in [2.75, 3.05) is 38.2 Å². The molecular formula is C23H30N2O3S. The first kappa shape index (κ1) is 21.4. The van der Waals surface area contributed by atoms with Crippen LogP contribution in [0.1, 0.15) is 26.3 Å². The quantitative estimate of drug-likeness (QED) is 0.687. The molecule has 3 rings (SSSR count). The fraction of sp³-hybridized carbons (Fsp3) is 0.435. The van der Waals surface area contributed by atoms with Crippen molar-refractivity contribution in [2.45, 2.75) is 43.1 Å². The maximum Gasteiger partial charge on any atom is 0.410 e. The predicted molar refractivity (Wildman–Crippen MR) is 118 cm³/mol. The Morgan fingerprint density at radius 2 is 1.66 bits per heavy atom. The summed E-state index contributed by atoms with van der Waals surface area (Å²) in [6.07, 6.45) is -0.228. The van der Waals surface area contributed by atoms with Gasteiger partial charge in [-0.2, -0.15) is 0 Å². The van der Waals surface area contributed by atoms with E-state index in [9.17, 15) is 4.79 Å². The summed E-state index contributed by atoms with van der Waals surface area (Å²) in [4.78, 5) is 18.9. The van der Waals surface area contributed by atoms with Gasteiger partial charge in [-0.3, -0.25) is 0 Å². The molecule has 6 heteroatoms. The van der Waals surface area contributed by atoms with Gasteiger partial charge in [0.15, 0.2) is 0 Å². The lowest BCUT2D eigenvalue weighted by molar-refractivity contribution is 0.0240. The van der Waals surface area contributed by atoms with Crippen molar-refractivity contribution in [3.63, 3.8) is 0 Å². The Kier molecular flexibility index (Phi) is 6.63. The van der Waals surface area contributed by atoms with Crippen molar-refractivity contribution in [1.82, 2.24) is 4.90 Å². The van der Waals surface area contributed by atoms with Gasteiger partial charge in [-0.1, -0.05) is 17.8 Å². The molecule has 0 aromatic heterocycles. The van der Waals surface area contributed by atoms with Crippen molar-refractivity contribution in [3.05, 3.63) is 48.0 Å². The number of carbonyl (C=O) groups is 1. The van der Waals surface area contributed by atoms with Gasteiger partial charge in [0.1, 0.15) is 11.4 Å². The monoisotopic (exact) mass is 414 g/mol. The van der Waals surface area contributed by atoms with Crippen LogP contribution in [-0.4, -0.2) is 49.9 Å². The number of nitrogens with zero attached hydrogens (tertiary/aromatic N) is 2. The second kappa shape index (κ2) is 8.99. The Morgan fingerprint density at radius 1 is 1.00 bits per heavy atom. The average Bonchev–Trinajstić information content (AvgIpc) is 2.69. The molecule has 29 heavy (non-hydrogen) atoms. The summed E-state index contributed by atoms with van der Waals surface area (Å²) in [7, 11) is 1.68. The van der Waals surface area contributed by atoms with E-state index in [2.05, 4.69) is 42.2 Å².